The molecule has 0 fully saturated rings. The fraction of sp³-hybridized carbons (Fsp3) is 0.600. The molecule has 0 aromatic heterocycles. The number of halogens is 1. The van der Waals surface area contributed by atoms with Gasteiger partial charge < -0.3 is 10.1 Å². The van der Waals surface area contributed by atoms with Crippen LogP contribution in [0.1, 0.15) is 43.9 Å². The third-order valence-corrected chi connectivity index (χ3v) is 2.96. The maximum absolute atomic E-state index is 13.8. The molecule has 0 amide bonds. The van der Waals surface area contributed by atoms with Crippen LogP contribution in [0.15, 0.2) is 18.2 Å². The first-order chi connectivity index (χ1) is 8.69. The summed E-state index contributed by atoms with van der Waals surface area (Å²) in [4.78, 5) is 0. The zero-order valence-electron chi connectivity index (χ0n) is 11.6. The van der Waals surface area contributed by atoms with E-state index >= 15 is 0 Å². The summed E-state index contributed by atoms with van der Waals surface area (Å²) in [5, 5.41) is 3.35. The lowest BCUT2D eigenvalue weighted by Gasteiger charge is -2.19. The van der Waals surface area contributed by atoms with Crippen LogP contribution in [0.4, 0.5) is 4.39 Å². The van der Waals surface area contributed by atoms with Gasteiger partial charge in [0.25, 0.3) is 0 Å². The van der Waals surface area contributed by atoms with Gasteiger partial charge in [0.2, 0.25) is 0 Å². The lowest BCUT2D eigenvalue weighted by molar-refractivity contribution is 0.140. The molecule has 0 aliphatic carbocycles. The first kappa shape index (κ1) is 15.1. The summed E-state index contributed by atoms with van der Waals surface area (Å²) >= 11 is 0. The first-order valence-electron chi connectivity index (χ1n) is 6.76. The number of benzene rings is 1. The maximum atomic E-state index is 13.8. The molecule has 0 saturated heterocycles. The maximum Gasteiger partial charge on any atom is 0.127 e. The Kier molecular flexibility index (Phi) is 6.91. The highest BCUT2D eigenvalue weighted by Gasteiger charge is 2.14. The number of hydrogen-bond donors (Lipinski definition) is 1. The van der Waals surface area contributed by atoms with Gasteiger partial charge in [-0.15, -0.1) is 0 Å². The Morgan fingerprint density at radius 3 is 2.78 bits per heavy atom. The third-order valence-electron chi connectivity index (χ3n) is 2.96. The average Bonchev–Trinajstić information content (AvgIpc) is 2.36. The van der Waals surface area contributed by atoms with Gasteiger partial charge in [-0.25, -0.2) is 4.39 Å². The minimum Gasteiger partial charge on any atom is -0.382 e. The van der Waals surface area contributed by atoms with Gasteiger partial charge in [-0.2, -0.15) is 0 Å². The van der Waals surface area contributed by atoms with Crippen LogP contribution in [0.25, 0.3) is 0 Å². The van der Waals surface area contributed by atoms with Crippen molar-refractivity contribution < 1.29 is 9.13 Å². The van der Waals surface area contributed by atoms with Crippen LogP contribution >= 0.6 is 0 Å². The van der Waals surface area contributed by atoms with E-state index < -0.39 is 0 Å². The van der Waals surface area contributed by atoms with Crippen LogP contribution in [0.2, 0.25) is 0 Å². The summed E-state index contributed by atoms with van der Waals surface area (Å²) in [6.07, 6.45) is 1.84. The Morgan fingerprint density at radius 1 is 1.33 bits per heavy atom. The molecule has 18 heavy (non-hydrogen) atoms. The molecule has 1 rings (SSSR count). The van der Waals surface area contributed by atoms with E-state index in [4.69, 9.17) is 4.74 Å². The molecule has 0 heterocycles. The molecule has 0 bridgehead atoms. The molecule has 1 N–H and O–H groups in total. The second-order valence-electron chi connectivity index (χ2n) is 4.47. The normalized spacial score (nSPS) is 12.7. The van der Waals surface area contributed by atoms with E-state index in [1.807, 2.05) is 32.9 Å². The first-order valence-corrected chi connectivity index (χ1v) is 6.76. The van der Waals surface area contributed by atoms with E-state index in [-0.39, 0.29) is 11.9 Å². The van der Waals surface area contributed by atoms with Crippen molar-refractivity contribution >= 4 is 0 Å². The Labute approximate surface area is 110 Å². The largest absolute Gasteiger partial charge is 0.382 e. The molecule has 0 radical (unpaired) electrons. The standard InChI is InChI=1S/C15H24FNO/c1-4-17-15(7-6-10-18-5-2)13-11-12(3)8-9-14(13)16/h8-9,11,15,17H,4-7,10H2,1-3H3. The second kappa shape index (κ2) is 8.22. The van der Waals surface area contributed by atoms with Gasteiger partial charge in [-0.3, -0.25) is 0 Å². The summed E-state index contributed by atoms with van der Waals surface area (Å²) in [7, 11) is 0. The molecule has 0 spiro atoms. The van der Waals surface area contributed by atoms with Gasteiger partial charge in [0, 0.05) is 24.8 Å². The zero-order chi connectivity index (χ0) is 13.4. The van der Waals surface area contributed by atoms with Crippen molar-refractivity contribution in [2.24, 2.45) is 0 Å². The van der Waals surface area contributed by atoms with E-state index in [0.717, 1.165) is 43.7 Å². The number of hydrogen-bond acceptors (Lipinski definition) is 2. The summed E-state index contributed by atoms with van der Waals surface area (Å²) in [5.41, 5.74) is 1.87. The molecular weight excluding hydrogens is 229 g/mol. The molecule has 1 aromatic rings. The van der Waals surface area contributed by atoms with Gasteiger partial charge in [-0.05, 0) is 39.3 Å². The van der Waals surface area contributed by atoms with Crippen LogP contribution in [-0.2, 0) is 4.74 Å². The van der Waals surface area contributed by atoms with Crippen molar-refractivity contribution in [1.29, 1.82) is 0 Å². The monoisotopic (exact) mass is 253 g/mol. The molecule has 0 aliphatic rings. The topological polar surface area (TPSA) is 21.3 Å². The van der Waals surface area contributed by atoms with E-state index in [1.54, 1.807) is 6.07 Å². The summed E-state index contributed by atoms with van der Waals surface area (Å²) in [5.74, 6) is -0.122. The highest BCUT2D eigenvalue weighted by molar-refractivity contribution is 5.26. The van der Waals surface area contributed by atoms with Crippen molar-refractivity contribution in [3.63, 3.8) is 0 Å². The van der Waals surface area contributed by atoms with Gasteiger partial charge >= 0.3 is 0 Å². The molecule has 1 atom stereocenters. The van der Waals surface area contributed by atoms with Crippen molar-refractivity contribution in [1.82, 2.24) is 5.32 Å². The number of aryl methyl sites for hydroxylation is 1. The van der Waals surface area contributed by atoms with Gasteiger partial charge in [-0.1, -0.05) is 24.6 Å². The molecular formula is C15H24FNO. The quantitative estimate of drug-likeness (QED) is 0.715. The Morgan fingerprint density at radius 2 is 2.11 bits per heavy atom. The lowest BCUT2D eigenvalue weighted by Crippen LogP contribution is -2.22. The van der Waals surface area contributed by atoms with Crippen LogP contribution < -0.4 is 5.32 Å². The highest BCUT2D eigenvalue weighted by Crippen LogP contribution is 2.22. The van der Waals surface area contributed by atoms with Crippen LogP contribution in [-0.4, -0.2) is 19.8 Å². The van der Waals surface area contributed by atoms with E-state index in [1.165, 1.54) is 0 Å². The SMILES string of the molecule is CCNC(CCCOCC)c1cc(C)ccc1F. The second-order valence-corrected chi connectivity index (χ2v) is 4.47. The highest BCUT2D eigenvalue weighted by atomic mass is 19.1. The molecule has 1 unspecified atom stereocenters. The molecule has 0 aliphatic heterocycles. The smallest absolute Gasteiger partial charge is 0.127 e. The summed E-state index contributed by atoms with van der Waals surface area (Å²) in [6, 6.07) is 5.37. The zero-order valence-corrected chi connectivity index (χ0v) is 11.6. The fourth-order valence-electron chi connectivity index (χ4n) is 2.08. The molecule has 102 valence electrons. The van der Waals surface area contributed by atoms with Gasteiger partial charge in [0.1, 0.15) is 5.82 Å². The number of ether oxygens (including phenoxy) is 1. The van der Waals surface area contributed by atoms with Crippen LogP contribution in [0, 0.1) is 12.7 Å². The molecule has 2 nitrogen and oxygen atoms in total. The van der Waals surface area contributed by atoms with Crippen molar-refractivity contribution in [2.75, 3.05) is 19.8 Å². The average molecular weight is 253 g/mol. The lowest BCUT2D eigenvalue weighted by atomic mass is 9.99. The van der Waals surface area contributed by atoms with Crippen LogP contribution in [0.5, 0.6) is 0 Å². The minimum absolute atomic E-state index is 0.0790. The van der Waals surface area contributed by atoms with E-state index in [2.05, 4.69) is 5.32 Å². The third kappa shape index (κ3) is 4.75. The van der Waals surface area contributed by atoms with Crippen molar-refractivity contribution in [2.45, 2.75) is 39.7 Å². The summed E-state index contributed by atoms with van der Waals surface area (Å²) in [6.45, 7) is 8.35. The van der Waals surface area contributed by atoms with Gasteiger partial charge in [0.05, 0.1) is 0 Å². The molecule has 3 heteroatoms. The Balaban J connectivity index is 2.67. The predicted octanol–water partition coefficient (Wildman–Crippen LogP) is 3.60. The Bertz CT molecular complexity index is 354. The fourth-order valence-corrected chi connectivity index (χ4v) is 2.08. The number of nitrogens with one attached hydrogen (secondary N) is 1. The van der Waals surface area contributed by atoms with E-state index in [0.29, 0.717) is 0 Å². The Hall–Kier alpha value is -0.930. The molecule has 1 aromatic carbocycles. The minimum atomic E-state index is -0.122. The number of rotatable bonds is 8. The predicted molar refractivity (Wildman–Crippen MR) is 73.3 cm³/mol. The summed E-state index contributed by atoms with van der Waals surface area (Å²) < 4.78 is 19.2. The van der Waals surface area contributed by atoms with Crippen molar-refractivity contribution in [3.8, 4) is 0 Å². The van der Waals surface area contributed by atoms with Crippen molar-refractivity contribution in [3.05, 3.63) is 35.1 Å². The van der Waals surface area contributed by atoms with Gasteiger partial charge in [0.15, 0.2) is 0 Å². The van der Waals surface area contributed by atoms with Crippen LogP contribution in [0.3, 0.4) is 0 Å². The van der Waals surface area contributed by atoms with E-state index in [9.17, 15) is 4.39 Å². The molecule has 0 saturated carbocycles.